The minimum absolute atomic E-state index is 0.365. The molecule has 0 bridgehead atoms. The van der Waals surface area contributed by atoms with Gasteiger partial charge in [-0.15, -0.1) is 0 Å². The molecule has 2 aliphatic heterocycles. The van der Waals surface area contributed by atoms with Crippen LogP contribution < -0.4 is 0 Å². The third-order valence-corrected chi connectivity index (χ3v) is 4.62. The topological polar surface area (TPSA) is 23.6 Å². The second-order valence-corrected chi connectivity index (χ2v) is 6.16. The number of fused-ring (bicyclic) bond motifs is 1. The predicted octanol–water partition coefficient (Wildman–Crippen LogP) is 1.48. The van der Waals surface area contributed by atoms with Crippen molar-refractivity contribution in [3.63, 3.8) is 0 Å². The van der Waals surface area contributed by atoms with E-state index in [-0.39, 0.29) is 0 Å². The van der Waals surface area contributed by atoms with E-state index in [9.17, 15) is 4.79 Å². The smallest absolute Gasteiger partial charge is 0.223 e. The standard InChI is InChI=1S/C13H22N2O/c1-13(4-5-13)9-12(16)15-8-7-14-6-2-3-11(14)10-15/h11H,2-10H2,1H3. The van der Waals surface area contributed by atoms with Crippen LogP contribution in [0.3, 0.4) is 0 Å². The first-order chi connectivity index (χ1) is 7.66. The number of hydrogen-bond acceptors (Lipinski definition) is 2. The molecule has 1 unspecified atom stereocenters. The summed E-state index contributed by atoms with van der Waals surface area (Å²) in [4.78, 5) is 16.8. The van der Waals surface area contributed by atoms with Gasteiger partial charge in [0.1, 0.15) is 0 Å². The molecule has 1 amide bonds. The summed E-state index contributed by atoms with van der Waals surface area (Å²) in [5.41, 5.74) is 0.365. The molecular formula is C13H22N2O. The maximum absolute atomic E-state index is 12.1. The van der Waals surface area contributed by atoms with Gasteiger partial charge in [-0.05, 0) is 37.6 Å². The normalized spacial score (nSPS) is 32.6. The van der Waals surface area contributed by atoms with Crippen molar-refractivity contribution < 1.29 is 4.79 Å². The first-order valence-electron chi connectivity index (χ1n) is 6.68. The van der Waals surface area contributed by atoms with Gasteiger partial charge in [0.2, 0.25) is 5.91 Å². The Labute approximate surface area is 97.8 Å². The molecule has 2 saturated heterocycles. The van der Waals surface area contributed by atoms with Crippen LogP contribution in [0.2, 0.25) is 0 Å². The molecule has 3 fully saturated rings. The maximum Gasteiger partial charge on any atom is 0.223 e. The van der Waals surface area contributed by atoms with Crippen molar-refractivity contribution in [3.8, 4) is 0 Å². The fraction of sp³-hybridized carbons (Fsp3) is 0.923. The summed E-state index contributed by atoms with van der Waals surface area (Å²) in [6.45, 7) is 6.56. The van der Waals surface area contributed by atoms with Crippen LogP contribution in [-0.2, 0) is 4.79 Å². The van der Waals surface area contributed by atoms with E-state index in [1.807, 2.05) is 0 Å². The molecule has 1 atom stereocenters. The first-order valence-corrected chi connectivity index (χ1v) is 6.68. The van der Waals surface area contributed by atoms with Crippen molar-refractivity contribution in [1.82, 2.24) is 9.80 Å². The number of carbonyl (C=O) groups excluding carboxylic acids is 1. The van der Waals surface area contributed by atoms with Crippen LogP contribution in [0.15, 0.2) is 0 Å². The van der Waals surface area contributed by atoms with Crippen LogP contribution in [0.5, 0.6) is 0 Å². The van der Waals surface area contributed by atoms with Crippen molar-refractivity contribution in [2.75, 3.05) is 26.2 Å². The van der Waals surface area contributed by atoms with E-state index in [0.717, 1.165) is 26.1 Å². The molecule has 3 heteroatoms. The Morgan fingerprint density at radius 3 is 2.88 bits per heavy atom. The maximum atomic E-state index is 12.1. The molecule has 2 heterocycles. The quantitative estimate of drug-likeness (QED) is 0.706. The lowest BCUT2D eigenvalue weighted by atomic mass is 10.0. The highest BCUT2D eigenvalue weighted by molar-refractivity contribution is 5.77. The molecule has 0 aromatic carbocycles. The largest absolute Gasteiger partial charge is 0.340 e. The summed E-state index contributed by atoms with van der Waals surface area (Å²) in [6.07, 6.45) is 5.91. The van der Waals surface area contributed by atoms with E-state index in [1.54, 1.807) is 0 Å². The molecule has 90 valence electrons. The molecule has 3 rings (SSSR count). The number of nitrogens with zero attached hydrogens (tertiary/aromatic N) is 2. The lowest BCUT2D eigenvalue weighted by Crippen LogP contribution is -2.52. The second-order valence-electron chi connectivity index (χ2n) is 6.16. The van der Waals surface area contributed by atoms with Crippen molar-refractivity contribution in [2.45, 2.75) is 45.1 Å². The molecule has 0 aromatic rings. The minimum atomic E-state index is 0.365. The average molecular weight is 222 g/mol. The molecular weight excluding hydrogens is 200 g/mol. The monoisotopic (exact) mass is 222 g/mol. The van der Waals surface area contributed by atoms with Crippen molar-refractivity contribution in [1.29, 1.82) is 0 Å². The van der Waals surface area contributed by atoms with Gasteiger partial charge in [-0.3, -0.25) is 9.69 Å². The Bertz CT molecular complexity index is 298. The Balaban J connectivity index is 1.56. The lowest BCUT2D eigenvalue weighted by molar-refractivity contribution is -0.134. The second kappa shape index (κ2) is 3.73. The van der Waals surface area contributed by atoms with Gasteiger partial charge in [0, 0.05) is 32.1 Å². The van der Waals surface area contributed by atoms with E-state index in [4.69, 9.17) is 0 Å². The van der Waals surface area contributed by atoms with Crippen molar-refractivity contribution in [2.24, 2.45) is 5.41 Å². The lowest BCUT2D eigenvalue weighted by Gasteiger charge is -2.38. The van der Waals surface area contributed by atoms with E-state index < -0.39 is 0 Å². The van der Waals surface area contributed by atoms with Crippen molar-refractivity contribution >= 4 is 5.91 Å². The van der Waals surface area contributed by atoms with E-state index in [2.05, 4.69) is 16.7 Å². The highest BCUT2D eigenvalue weighted by Crippen LogP contribution is 2.48. The van der Waals surface area contributed by atoms with Crippen LogP contribution in [0.1, 0.15) is 39.0 Å². The fourth-order valence-corrected chi connectivity index (χ4v) is 3.08. The van der Waals surface area contributed by atoms with Gasteiger partial charge < -0.3 is 4.90 Å². The van der Waals surface area contributed by atoms with Crippen LogP contribution in [-0.4, -0.2) is 47.9 Å². The molecule has 3 aliphatic rings. The highest BCUT2D eigenvalue weighted by Gasteiger charge is 2.41. The Kier molecular flexibility index (Phi) is 2.46. The number of hydrogen-bond donors (Lipinski definition) is 0. The van der Waals surface area contributed by atoms with Gasteiger partial charge in [-0.25, -0.2) is 0 Å². The number of amides is 1. The summed E-state index contributed by atoms with van der Waals surface area (Å²) >= 11 is 0. The van der Waals surface area contributed by atoms with Gasteiger partial charge in [0.05, 0.1) is 0 Å². The SMILES string of the molecule is CC1(CC(=O)N2CCN3CCCC3C2)CC1. The number of rotatable bonds is 2. The Hall–Kier alpha value is -0.570. The van der Waals surface area contributed by atoms with Gasteiger partial charge in [0.15, 0.2) is 0 Å². The predicted molar refractivity (Wildman–Crippen MR) is 63.1 cm³/mol. The van der Waals surface area contributed by atoms with E-state index in [1.165, 1.54) is 32.2 Å². The average Bonchev–Trinajstić information content (AvgIpc) is 2.82. The Morgan fingerprint density at radius 1 is 1.31 bits per heavy atom. The van der Waals surface area contributed by atoms with Gasteiger partial charge in [0.25, 0.3) is 0 Å². The zero-order chi connectivity index (χ0) is 11.2. The van der Waals surface area contributed by atoms with Crippen LogP contribution in [0.4, 0.5) is 0 Å². The zero-order valence-corrected chi connectivity index (χ0v) is 10.2. The summed E-state index contributed by atoms with van der Waals surface area (Å²) < 4.78 is 0. The summed E-state index contributed by atoms with van der Waals surface area (Å²) in [5.74, 6) is 0.409. The van der Waals surface area contributed by atoms with E-state index >= 15 is 0 Å². The minimum Gasteiger partial charge on any atom is -0.340 e. The fourth-order valence-electron chi connectivity index (χ4n) is 3.08. The molecule has 0 aromatic heterocycles. The van der Waals surface area contributed by atoms with Crippen LogP contribution in [0, 0.1) is 5.41 Å². The molecule has 0 spiro atoms. The van der Waals surface area contributed by atoms with Crippen LogP contribution in [0.25, 0.3) is 0 Å². The molecule has 1 aliphatic carbocycles. The molecule has 1 saturated carbocycles. The van der Waals surface area contributed by atoms with Gasteiger partial charge in [-0.1, -0.05) is 6.92 Å². The molecule has 0 N–H and O–H groups in total. The van der Waals surface area contributed by atoms with Crippen LogP contribution >= 0.6 is 0 Å². The highest BCUT2D eigenvalue weighted by atomic mass is 16.2. The summed E-state index contributed by atoms with van der Waals surface area (Å²) in [5, 5.41) is 0. The molecule has 3 nitrogen and oxygen atoms in total. The van der Waals surface area contributed by atoms with Gasteiger partial charge in [-0.2, -0.15) is 0 Å². The van der Waals surface area contributed by atoms with Crippen molar-refractivity contribution in [3.05, 3.63) is 0 Å². The van der Waals surface area contributed by atoms with Gasteiger partial charge >= 0.3 is 0 Å². The third-order valence-electron chi connectivity index (χ3n) is 4.62. The third kappa shape index (κ3) is 1.97. The Morgan fingerprint density at radius 2 is 2.12 bits per heavy atom. The summed E-state index contributed by atoms with van der Waals surface area (Å²) in [7, 11) is 0. The van der Waals surface area contributed by atoms with E-state index in [0.29, 0.717) is 17.4 Å². The number of piperazine rings is 1. The first kappa shape index (κ1) is 10.6. The zero-order valence-electron chi connectivity index (χ0n) is 10.2. The molecule has 16 heavy (non-hydrogen) atoms. The summed E-state index contributed by atoms with van der Waals surface area (Å²) in [6, 6.07) is 0.671. The molecule has 0 radical (unpaired) electrons. The number of carbonyl (C=O) groups is 1.